The summed E-state index contributed by atoms with van der Waals surface area (Å²) in [4.78, 5) is 0. The molecule has 0 spiro atoms. The van der Waals surface area contributed by atoms with Crippen LogP contribution in [-0.4, -0.2) is 14.8 Å². The van der Waals surface area contributed by atoms with Gasteiger partial charge >= 0.3 is 0 Å². The summed E-state index contributed by atoms with van der Waals surface area (Å²) >= 11 is 0. The number of phenolic OH excluding ortho intramolecular Hbond substituents is 2. The van der Waals surface area contributed by atoms with E-state index in [2.05, 4.69) is 18.4 Å². The predicted octanol–water partition coefficient (Wildman–Crippen LogP) is 4.21. The monoisotopic (exact) mass is 297 g/mol. The highest BCUT2D eigenvalue weighted by molar-refractivity contribution is 5.89. The van der Waals surface area contributed by atoms with E-state index >= 15 is 0 Å². The number of ether oxygens (including phenoxy) is 1. The summed E-state index contributed by atoms with van der Waals surface area (Å²) in [5, 5.41) is 20.3. The molecule has 0 saturated carbocycles. The lowest BCUT2D eigenvalue weighted by molar-refractivity contribution is 0.306. The molecule has 2 aromatic carbocycles. The summed E-state index contributed by atoms with van der Waals surface area (Å²) in [6.07, 6.45) is 2.02. The Labute approximate surface area is 129 Å². The van der Waals surface area contributed by atoms with Crippen LogP contribution in [0.2, 0.25) is 0 Å². The third-order valence-electron chi connectivity index (χ3n) is 3.70. The van der Waals surface area contributed by atoms with Crippen LogP contribution in [0.15, 0.2) is 48.7 Å². The molecule has 1 aromatic heterocycles. The van der Waals surface area contributed by atoms with Gasteiger partial charge in [0, 0.05) is 23.2 Å². The van der Waals surface area contributed by atoms with Crippen molar-refractivity contribution in [2.24, 2.45) is 0 Å². The highest BCUT2D eigenvalue weighted by Gasteiger charge is 2.14. The molecule has 0 bridgehead atoms. The van der Waals surface area contributed by atoms with Crippen LogP contribution >= 0.6 is 0 Å². The van der Waals surface area contributed by atoms with Gasteiger partial charge in [-0.1, -0.05) is 6.07 Å². The van der Waals surface area contributed by atoms with Crippen molar-refractivity contribution >= 4 is 10.9 Å². The Kier molecular flexibility index (Phi) is 3.67. The number of hydrogen-bond donors (Lipinski definition) is 2. The lowest BCUT2D eigenvalue weighted by atomic mass is 10.1. The molecule has 0 fully saturated rings. The SMILES string of the molecule is CC(C)n1cc(COc2ccc(O)cc2)c2c(O)cccc21. The van der Waals surface area contributed by atoms with Crippen molar-refractivity contribution in [3.05, 3.63) is 54.2 Å². The molecule has 22 heavy (non-hydrogen) atoms. The van der Waals surface area contributed by atoms with Gasteiger partial charge in [-0.25, -0.2) is 0 Å². The lowest BCUT2D eigenvalue weighted by Gasteiger charge is -2.08. The molecule has 0 aliphatic heterocycles. The third-order valence-corrected chi connectivity index (χ3v) is 3.70. The molecule has 4 heteroatoms. The Balaban J connectivity index is 1.94. The Morgan fingerprint density at radius 3 is 2.45 bits per heavy atom. The van der Waals surface area contributed by atoms with E-state index in [1.165, 1.54) is 0 Å². The number of fused-ring (bicyclic) bond motifs is 1. The van der Waals surface area contributed by atoms with E-state index in [1.54, 1.807) is 30.3 Å². The quantitative estimate of drug-likeness (QED) is 0.758. The van der Waals surface area contributed by atoms with E-state index in [1.807, 2.05) is 18.3 Å². The Morgan fingerprint density at radius 1 is 1.05 bits per heavy atom. The van der Waals surface area contributed by atoms with E-state index in [9.17, 15) is 10.2 Å². The zero-order valence-electron chi connectivity index (χ0n) is 12.7. The minimum absolute atomic E-state index is 0.210. The van der Waals surface area contributed by atoms with Gasteiger partial charge in [-0.2, -0.15) is 0 Å². The van der Waals surface area contributed by atoms with Crippen LogP contribution in [-0.2, 0) is 6.61 Å². The zero-order chi connectivity index (χ0) is 15.7. The second kappa shape index (κ2) is 5.64. The van der Waals surface area contributed by atoms with Crippen LogP contribution in [0.5, 0.6) is 17.2 Å². The average molecular weight is 297 g/mol. The first-order valence-corrected chi connectivity index (χ1v) is 7.29. The molecule has 114 valence electrons. The summed E-state index contributed by atoms with van der Waals surface area (Å²) in [7, 11) is 0. The van der Waals surface area contributed by atoms with E-state index in [-0.39, 0.29) is 11.5 Å². The van der Waals surface area contributed by atoms with Gasteiger partial charge in [0.15, 0.2) is 0 Å². The van der Waals surface area contributed by atoms with Crippen LogP contribution in [0.3, 0.4) is 0 Å². The van der Waals surface area contributed by atoms with Gasteiger partial charge in [0.2, 0.25) is 0 Å². The molecule has 0 aliphatic carbocycles. The normalized spacial score (nSPS) is 11.2. The summed E-state index contributed by atoms with van der Waals surface area (Å²) in [5.74, 6) is 1.15. The molecule has 1 heterocycles. The number of rotatable bonds is 4. The van der Waals surface area contributed by atoms with Gasteiger partial charge in [-0.3, -0.25) is 0 Å². The van der Waals surface area contributed by atoms with Crippen molar-refractivity contribution < 1.29 is 14.9 Å². The van der Waals surface area contributed by atoms with Crippen molar-refractivity contribution in [2.45, 2.75) is 26.5 Å². The Bertz CT molecular complexity index is 788. The summed E-state index contributed by atoms with van der Waals surface area (Å²) in [6.45, 7) is 4.57. The molecule has 3 rings (SSSR count). The molecule has 0 saturated heterocycles. The van der Waals surface area contributed by atoms with Gasteiger partial charge in [0.1, 0.15) is 23.9 Å². The molecule has 0 aliphatic rings. The van der Waals surface area contributed by atoms with Crippen LogP contribution in [0, 0.1) is 0 Å². The molecular formula is C18H19NO3. The lowest BCUT2D eigenvalue weighted by Crippen LogP contribution is -1.98. The van der Waals surface area contributed by atoms with Crippen LogP contribution in [0.4, 0.5) is 0 Å². The second-order valence-corrected chi connectivity index (χ2v) is 5.61. The fourth-order valence-corrected chi connectivity index (χ4v) is 2.61. The van der Waals surface area contributed by atoms with Gasteiger partial charge in [-0.15, -0.1) is 0 Å². The minimum atomic E-state index is 0.210. The fourth-order valence-electron chi connectivity index (χ4n) is 2.61. The van der Waals surface area contributed by atoms with Gasteiger partial charge in [0.25, 0.3) is 0 Å². The van der Waals surface area contributed by atoms with Gasteiger partial charge in [0.05, 0.1) is 5.52 Å². The van der Waals surface area contributed by atoms with Crippen molar-refractivity contribution in [1.29, 1.82) is 0 Å². The minimum Gasteiger partial charge on any atom is -0.508 e. The number of aromatic hydroxyl groups is 2. The number of nitrogens with zero attached hydrogens (tertiary/aromatic N) is 1. The average Bonchev–Trinajstić information content (AvgIpc) is 2.87. The number of hydrogen-bond acceptors (Lipinski definition) is 3. The first-order valence-electron chi connectivity index (χ1n) is 7.29. The van der Waals surface area contributed by atoms with Crippen molar-refractivity contribution in [2.75, 3.05) is 0 Å². The molecule has 4 nitrogen and oxygen atoms in total. The maximum Gasteiger partial charge on any atom is 0.125 e. The van der Waals surface area contributed by atoms with E-state index in [0.29, 0.717) is 18.4 Å². The highest BCUT2D eigenvalue weighted by Crippen LogP contribution is 2.32. The standard InChI is InChI=1S/C18H19NO3/c1-12(2)19-10-13(18-16(19)4-3-5-17(18)21)11-22-15-8-6-14(20)7-9-15/h3-10,12,20-21H,11H2,1-2H3. The third kappa shape index (κ3) is 2.60. The van der Waals surface area contributed by atoms with E-state index in [4.69, 9.17) is 4.74 Å². The molecule has 0 unspecified atom stereocenters. The molecule has 3 aromatic rings. The smallest absolute Gasteiger partial charge is 0.125 e. The van der Waals surface area contributed by atoms with Crippen molar-refractivity contribution in [3.8, 4) is 17.2 Å². The Morgan fingerprint density at radius 2 is 1.77 bits per heavy atom. The highest BCUT2D eigenvalue weighted by atomic mass is 16.5. The summed E-state index contributed by atoms with van der Waals surface area (Å²) in [5.41, 5.74) is 1.94. The summed E-state index contributed by atoms with van der Waals surface area (Å²) in [6, 6.07) is 12.5. The number of benzene rings is 2. The summed E-state index contributed by atoms with van der Waals surface area (Å²) < 4.78 is 7.90. The predicted molar refractivity (Wildman–Crippen MR) is 86.4 cm³/mol. The first kappa shape index (κ1) is 14.3. The molecule has 2 N–H and O–H groups in total. The first-order chi connectivity index (χ1) is 10.6. The van der Waals surface area contributed by atoms with Crippen LogP contribution < -0.4 is 4.74 Å². The van der Waals surface area contributed by atoms with Crippen LogP contribution in [0.1, 0.15) is 25.5 Å². The Hall–Kier alpha value is -2.62. The van der Waals surface area contributed by atoms with Crippen molar-refractivity contribution in [1.82, 2.24) is 4.57 Å². The fraction of sp³-hybridized carbons (Fsp3) is 0.222. The number of phenols is 2. The molecular weight excluding hydrogens is 278 g/mol. The topological polar surface area (TPSA) is 54.6 Å². The van der Waals surface area contributed by atoms with Gasteiger partial charge < -0.3 is 19.5 Å². The molecule has 0 amide bonds. The van der Waals surface area contributed by atoms with Gasteiger partial charge in [-0.05, 0) is 50.2 Å². The maximum atomic E-state index is 10.2. The maximum absolute atomic E-state index is 10.2. The largest absolute Gasteiger partial charge is 0.508 e. The van der Waals surface area contributed by atoms with E-state index in [0.717, 1.165) is 16.5 Å². The zero-order valence-corrected chi connectivity index (χ0v) is 12.7. The molecule has 0 radical (unpaired) electrons. The van der Waals surface area contributed by atoms with E-state index < -0.39 is 0 Å². The van der Waals surface area contributed by atoms with Crippen LogP contribution in [0.25, 0.3) is 10.9 Å². The molecule has 0 atom stereocenters. The van der Waals surface area contributed by atoms with Crippen molar-refractivity contribution in [3.63, 3.8) is 0 Å². The second-order valence-electron chi connectivity index (χ2n) is 5.61. The number of aromatic nitrogens is 1.